The number of aromatic nitrogens is 2. The van der Waals surface area contributed by atoms with E-state index in [4.69, 9.17) is 5.11 Å². The maximum Gasteiger partial charge on any atom is 0.255 e. The lowest BCUT2D eigenvalue weighted by molar-refractivity contribution is -0.129. The van der Waals surface area contributed by atoms with Crippen LogP contribution < -0.4 is 10.6 Å². The number of anilines is 2. The van der Waals surface area contributed by atoms with Crippen molar-refractivity contribution in [2.45, 2.75) is 57.7 Å². The van der Waals surface area contributed by atoms with Gasteiger partial charge in [0.05, 0.1) is 13.2 Å². The summed E-state index contributed by atoms with van der Waals surface area (Å²) < 4.78 is 1.59. The third-order valence-electron chi connectivity index (χ3n) is 6.98. The van der Waals surface area contributed by atoms with Crippen molar-refractivity contribution in [3.63, 3.8) is 0 Å². The summed E-state index contributed by atoms with van der Waals surface area (Å²) in [6.07, 6.45) is 5.88. The summed E-state index contributed by atoms with van der Waals surface area (Å²) in [5.74, 6) is 0.193. The molecular formula is C25H36N6O3. The van der Waals surface area contributed by atoms with E-state index in [9.17, 15) is 9.59 Å². The summed E-state index contributed by atoms with van der Waals surface area (Å²) >= 11 is 0. The number of hydrogen-bond acceptors (Lipinski definition) is 6. The third kappa shape index (κ3) is 4.81. The highest BCUT2D eigenvalue weighted by molar-refractivity contribution is 6.06. The van der Waals surface area contributed by atoms with Crippen molar-refractivity contribution in [3.05, 3.63) is 41.1 Å². The number of aliphatic hydroxyl groups is 1. The monoisotopic (exact) mass is 468 g/mol. The first-order valence-corrected chi connectivity index (χ1v) is 12.1. The molecule has 9 heteroatoms. The van der Waals surface area contributed by atoms with E-state index < -0.39 is 5.54 Å². The number of aliphatic hydroxyl groups excluding tert-OH is 1. The van der Waals surface area contributed by atoms with Crippen molar-refractivity contribution in [2.24, 2.45) is 0 Å². The first-order valence-electron chi connectivity index (χ1n) is 12.1. The smallest absolute Gasteiger partial charge is 0.255 e. The van der Waals surface area contributed by atoms with Gasteiger partial charge in [0.2, 0.25) is 0 Å². The number of carbonyl (C=O) groups excluding carboxylic acids is 2. The van der Waals surface area contributed by atoms with E-state index in [2.05, 4.69) is 26.7 Å². The highest BCUT2D eigenvalue weighted by Crippen LogP contribution is 2.41. The van der Waals surface area contributed by atoms with E-state index in [0.717, 1.165) is 49.2 Å². The molecule has 1 fully saturated rings. The average molecular weight is 469 g/mol. The van der Waals surface area contributed by atoms with Crippen LogP contribution in [0.25, 0.3) is 0 Å². The fraction of sp³-hybridized carbons (Fsp3) is 0.560. The van der Waals surface area contributed by atoms with Gasteiger partial charge in [-0.1, -0.05) is 19.3 Å². The number of amides is 2. The van der Waals surface area contributed by atoms with Crippen molar-refractivity contribution in [1.82, 2.24) is 19.6 Å². The molecule has 0 radical (unpaired) electrons. The van der Waals surface area contributed by atoms with Crippen molar-refractivity contribution in [2.75, 3.05) is 44.4 Å². The summed E-state index contributed by atoms with van der Waals surface area (Å²) in [6.45, 7) is 4.51. The molecule has 2 amide bonds. The molecule has 2 aromatic rings. The standard InChI is InChI=1S/C25H36N6O3/c1-18-15-19(26-10-12-29(2)3)16-20-21(18)17-31(23(20)33)25(8-5-4-6-9-25)24(34)27-22-7-11-30(28-22)13-14-32/h7,11,15-16,26,32H,4-6,8-10,12-14,17H2,1-3H3,(H,27,28,34). The van der Waals surface area contributed by atoms with Crippen LogP contribution in [0.15, 0.2) is 24.4 Å². The molecule has 3 N–H and O–H groups in total. The molecule has 0 saturated heterocycles. The molecule has 0 atom stereocenters. The lowest BCUT2D eigenvalue weighted by Gasteiger charge is -2.43. The fourth-order valence-electron chi connectivity index (χ4n) is 5.11. The van der Waals surface area contributed by atoms with E-state index >= 15 is 0 Å². The van der Waals surface area contributed by atoms with Crippen LogP contribution in [0.2, 0.25) is 0 Å². The molecule has 2 aliphatic rings. The molecule has 1 saturated carbocycles. The molecule has 0 spiro atoms. The number of benzene rings is 1. The highest BCUT2D eigenvalue weighted by atomic mass is 16.3. The fourth-order valence-corrected chi connectivity index (χ4v) is 5.11. The molecule has 34 heavy (non-hydrogen) atoms. The number of nitrogens with zero attached hydrogens (tertiary/aromatic N) is 4. The third-order valence-corrected chi connectivity index (χ3v) is 6.98. The predicted molar refractivity (Wildman–Crippen MR) is 132 cm³/mol. The summed E-state index contributed by atoms with van der Waals surface area (Å²) in [4.78, 5) is 31.3. The molecule has 1 aliphatic carbocycles. The molecule has 0 unspecified atom stereocenters. The Hall–Kier alpha value is -2.91. The van der Waals surface area contributed by atoms with Gasteiger partial charge in [0.1, 0.15) is 5.54 Å². The van der Waals surface area contributed by atoms with E-state index in [1.165, 1.54) is 0 Å². The first kappa shape index (κ1) is 24.2. The second kappa shape index (κ2) is 10.1. The van der Waals surface area contributed by atoms with E-state index in [-0.39, 0.29) is 18.4 Å². The lowest BCUT2D eigenvalue weighted by atomic mass is 9.79. The number of rotatable bonds is 9. The van der Waals surface area contributed by atoms with Gasteiger partial charge in [-0.2, -0.15) is 5.10 Å². The van der Waals surface area contributed by atoms with Crippen molar-refractivity contribution in [1.29, 1.82) is 0 Å². The average Bonchev–Trinajstić information content (AvgIpc) is 3.39. The van der Waals surface area contributed by atoms with Gasteiger partial charge in [0.15, 0.2) is 5.82 Å². The minimum atomic E-state index is -0.889. The lowest BCUT2D eigenvalue weighted by Crippen LogP contribution is -2.58. The summed E-state index contributed by atoms with van der Waals surface area (Å²) in [6, 6.07) is 5.75. The number of hydrogen-bond donors (Lipinski definition) is 3. The number of nitrogens with one attached hydrogen (secondary N) is 2. The summed E-state index contributed by atoms with van der Waals surface area (Å²) in [7, 11) is 4.06. The van der Waals surface area contributed by atoms with Crippen molar-refractivity contribution >= 4 is 23.3 Å². The van der Waals surface area contributed by atoms with Gasteiger partial charge in [-0.15, -0.1) is 0 Å². The zero-order chi connectivity index (χ0) is 24.3. The zero-order valence-corrected chi connectivity index (χ0v) is 20.4. The Morgan fingerprint density at radius 3 is 2.71 bits per heavy atom. The Bertz CT molecular complexity index is 1040. The van der Waals surface area contributed by atoms with Crippen LogP contribution in [-0.2, 0) is 17.9 Å². The van der Waals surface area contributed by atoms with Gasteiger partial charge in [-0.25, -0.2) is 0 Å². The van der Waals surface area contributed by atoms with Gasteiger partial charge in [-0.3, -0.25) is 14.3 Å². The van der Waals surface area contributed by atoms with Crippen LogP contribution in [0.4, 0.5) is 11.5 Å². The molecule has 9 nitrogen and oxygen atoms in total. The molecule has 184 valence electrons. The van der Waals surface area contributed by atoms with Crippen LogP contribution in [0, 0.1) is 6.92 Å². The number of aryl methyl sites for hydroxylation is 1. The Morgan fingerprint density at radius 2 is 2.00 bits per heavy atom. The van der Waals surface area contributed by atoms with Crippen molar-refractivity contribution in [3.8, 4) is 0 Å². The topological polar surface area (TPSA) is 103 Å². The van der Waals surface area contributed by atoms with Crippen LogP contribution in [-0.4, -0.2) is 75.8 Å². The largest absolute Gasteiger partial charge is 0.394 e. The van der Waals surface area contributed by atoms with E-state index in [1.807, 2.05) is 27.1 Å². The Morgan fingerprint density at radius 1 is 1.24 bits per heavy atom. The minimum absolute atomic E-state index is 0.0229. The van der Waals surface area contributed by atoms with Crippen LogP contribution in [0.5, 0.6) is 0 Å². The second-order valence-electron chi connectivity index (χ2n) is 9.67. The Kier molecular flexibility index (Phi) is 7.23. The molecule has 1 aromatic heterocycles. The summed E-state index contributed by atoms with van der Waals surface area (Å²) in [5.41, 5.74) is 2.81. The SMILES string of the molecule is Cc1cc(NCCN(C)C)cc2c1CN(C1(C(=O)Nc3ccn(CCO)n3)CCCCC1)C2=O. The second-order valence-corrected chi connectivity index (χ2v) is 9.67. The molecule has 4 rings (SSSR count). The van der Waals surface area contributed by atoms with Crippen LogP contribution in [0.3, 0.4) is 0 Å². The molecule has 0 bridgehead atoms. The molecule has 1 aliphatic heterocycles. The van der Waals surface area contributed by atoms with E-state index in [0.29, 0.717) is 37.3 Å². The van der Waals surface area contributed by atoms with Gasteiger partial charge >= 0.3 is 0 Å². The van der Waals surface area contributed by atoms with Crippen LogP contribution >= 0.6 is 0 Å². The molecule has 2 heterocycles. The molecular weight excluding hydrogens is 432 g/mol. The highest BCUT2D eigenvalue weighted by Gasteiger charge is 2.50. The minimum Gasteiger partial charge on any atom is -0.394 e. The predicted octanol–water partition coefficient (Wildman–Crippen LogP) is 2.45. The quantitative estimate of drug-likeness (QED) is 0.523. The first-order chi connectivity index (χ1) is 16.3. The summed E-state index contributed by atoms with van der Waals surface area (Å²) in [5, 5.41) is 19.8. The van der Waals surface area contributed by atoms with Crippen molar-refractivity contribution < 1.29 is 14.7 Å². The van der Waals surface area contributed by atoms with E-state index in [1.54, 1.807) is 21.8 Å². The maximum absolute atomic E-state index is 13.7. The Labute approximate surface area is 201 Å². The Balaban J connectivity index is 1.57. The number of likely N-dealkylation sites (N-methyl/N-ethyl adjacent to an activating group) is 1. The van der Waals surface area contributed by atoms with Gasteiger partial charge in [0, 0.05) is 43.1 Å². The zero-order valence-electron chi connectivity index (χ0n) is 20.4. The number of carbonyl (C=O) groups is 2. The normalized spacial score (nSPS) is 17.2. The maximum atomic E-state index is 13.7. The van der Waals surface area contributed by atoms with Crippen LogP contribution in [0.1, 0.15) is 53.6 Å². The van der Waals surface area contributed by atoms with Gasteiger partial charge in [-0.05, 0) is 57.1 Å². The number of fused-ring (bicyclic) bond motifs is 1. The molecule has 1 aromatic carbocycles. The van der Waals surface area contributed by atoms with Gasteiger partial charge in [0.25, 0.3) is 11.8 Å². The van der Waals surface area contributed by atoms with Gasteiger partial charge < -0.3 is 25.5 Å².